The Hall–Kier alpha value is -1.11. The Bertz CT molecular complexity index is 405. The molecule has 0 heterocycles. The fourth-order valence-electron chi connectivity index (χ4n) is 1.08. The summed E-state index contributed by atoms with van der Waals surface area (Å²) in [4.78, 5) is 11.0. The first-order chi connectivity index (χ1) is 7.20. The zero-order chi connectivity index (χ0) is 12.5. The van der Waals surface area contributed by atoms with Gasteiger partial charge in [-0.3, -0.25) is 4.79 Å². The van der Waals surface area contributed by atoms with Gasteiger partial charge in [0, 0.05) is 10.5 Å². The van der Waals surface area contributed by atoms with Crippen LogP contribution in [0.3, 0.4) is 0 Å². The lowest BCUT2D eigenvalue weighted by molar-refractivity contribution is -0.274. The third-order valence-electron chi connectivity index (χ3n) is 1.60. The molecule has 1 aromatic carbocycles. The van der Waals surface area contributed by atoms with Crippen molar-refractivity contribution in [1.82, 2.24) is 0 Å². The van der Waals surface area contributed by atoms with E-state index in [1.807, 2.05) is 0 Å². The van der Waals surface area contributed by atoms with E-state index in [1.54, 1.807) is 0 Å². The van der Waals surface area contributed by atoms with Crippen molar-refractivity contribution < 1.29 is 27.1 Å². The number of hydrogen-bond donors (Lipinski definition) is 0. The lowest BCUT2D eigenvalue weighted by Crippen LogP contribution is -2.17. The van der Waals surface area contributed by atoms with Crippen LogP contribution in [0.4, 0.5) is 17.6 Å². The van der Waals surface area contributed by atoms with E-state index < -0.39 is 23.7 Å². The molecule has 1 aromatic rings. The van der Waals surface area contributed by atoms with Crippen LogP contribution in [0.5, 0.6) is 5.75 Å². The number of rotatable bonds is 2. The Morgan fingerprint density at radius 2 is 1.94 bits per heavy atom. The summed E-state index contributed by atoms with van der Waals surface area (Å²) in [5.74, 6) is -2.38. The molecule has 0 spiro atoms. The van der Waals surface area contributed by atoms with E-state index in [2.05, 4.69) is 20.7 Å². The van der Waals surface area contributed by atoms with E-state index in [9.17, 15) is 22.4 Å². The summed E-state index contributed by atoms with van der Waals surface area (Å²) >= 11 is 2.80. The maximum atomic E-state index is 13.2. The Labute approximate surface area is 96.3 Å². The second kappa shape index (κ2) is 4.40. The third kappa shape index (κ3) is 3.19. The minimum absolute atomic E-state index is 0.0840. The predicted molar refractivity (Wildman–Crippen MR) is 50.8 cm³/mol. The molecule has 0 aliphatic heterocycles. The quantitative estimate of drug-likeness (QED) is 0.615. The zero-order valence-corrected chi connectivity index (χ0v) is 9.45. The van der Waals surface area contributed by atoms with Crippen molar-refractivity contribution in [3.63, 3.8) is 0 Å². The standard InChI is InChI=1S/C9H5BrF4O2/c1-4(15)8-6(10)2-5(3-7(8)11)16-9(12,13)14/h2-3H,1H3. The number of carbonyl (C=O) groups is 1. The lowest BCUT2D eigenvalue weighted by atomic mass is 10.1. The molecule has 0 amide bonds. The molecule has 0 N–H and O–H groups in total. The molecule has 0 saturated heterocycles. The van der Waals surface area contributed by atoms with E-state index in [4.69, 9.17) is 0 Å². The summed E-state index contributed by atoms with van der Waals surface area (Å²) < 4.78 is 52.2. The molecule has 1 rings (SSSR count). The Kier molecular flexibility index (Phi) is 3.57. The van der Waals surface area contributed by atoms with Crippen LogP contribution >= 0.6 is 15.9 Å². The monoisotopic (exact) mass is 300 g/mol. The molecule has 0 aliphatic rings. The van der Waals surface area contributed by atoms with Gasteiger partial charge in [-0.05, 0) is 28.9 Å². The Morgan fingerprint density at radius 1 is 1.38 bits per heavy atom. The van der Waals surface area contributed by atoms with Crippen molar-refractivity contribution in [3.8, 4) is 5.75 Å². The number of benzene rings is 1. The maximum Gasteiger partial charge on any atom is 0.573 e. The number of carbonyl (C=O) groups excluding carboxylic acids is 1. The molecule has 0 saturated carbocycles. The van der Waals surface area contributed by atoms with Crippen LogP contribution in [-0.4, -0.2) is 12.1 Å². The van der Waals surface area contributed by atoms with Gasteiger partial charge >= 0.3 is 6.36 Å². The molecule has 7 heteroatoms. The first kappa shape index (κ1) is 13.0. The molecule has 0 atom stereocenters. The summed E-state index contributed by atoms with van der Waals surface area (Å²) in [6.45, 7) is 1.10. The smallest absolute Gasteiger partial charge is 0.406 e. The van der Waals surface area contributed by atoms with Crippen molar-refractivity contribution in [1.29, 1.82) is 0 Å². The van der Waals surface area contributed by atoms with Crippen molar-refractivity contribution >= 4 is 21.7 Å². The predicted octanol–water partition coefficient (Wildman–Crippen LogP) is 3.69. The van der Waals surface area contributed by atoms with Gasteiger partial charge in [0.05, 0.1) is 5.56 Å². The minimum Gasteiger partial charge on any atom is -0.406 e. The lowest BCUT2D eigenvalue weighted by Gasteiger charge is -2.10. The summed E-state index contributed by atoms with van der Waals surface area (Å²) in [5.41, 5.74) is -0.311. The molecule has 2 nitrogen and oxygen atoms in total. The van der Waals surface area contributed by atoms with E-state index in [0.717, 1.165) is 13.0 Å². The molecule has 16 heavy (non-hydrogen) atoms. The van der Waals surface area contributed by atoms with E-state index in [0.29, 0.717) is 6.07 Å². The van der Waals surface area contributed by atoms with Gasteiger partial charge in [0.15, 0.2) is 5.78 Å². The van der Waals surface area contributed by atoms with Crippen LogP contribution in [0.1, 0.15) is 17.3 Å². The van der Waals surface area contributed by atoms with Crippen LogP contribution in [0.25, 0.3) is 0 Å². The molecule has 0 fully saturated rings. The van der Waals surface area contributed by atoms with E-state index in [1.165, 1.54) is 0 Å². The number of halogens is 5. The Balaban J connectivity index is 3.15. The summed E-state index contributed by atoms with van der Waals surface area (Å²) in [6.07, 6.45) is -4.90. The molecule has 88 valence electrons. The normalized spacial score (nSPS) is 11.4. The maximum absolute atomic E-state index is 13.2. The zero-order valence-electron chi connectivity index (χ0n) is 7.86. The second-order valence-corrected chi connectivity index (χ2v) is 3.72. The van der Waals surface area contributed by atoms with Gasteiger partial charge in [-0.1, -0.05) is 0 Å². The van der Waals surface area contributed by atoms with Gasteiger partial charge < -0.3 is 4.74 Å². The van der Waals surface area contributed by atoms with Crippen LogP contribution in [0.15, 0.2) is 16.6 Å². The third-order valence-corrected chi connectivity index (χ3v) is 2.23. The fourth-order valence-corrected chi connectivity index (χ4v) is 1.77. The van der Waals surface area contributed by atoms with Crippen molar-refractivity contribution in [3.05, 3.63) is 28.0 Å². The summed E-state index contributed by atoms with van der Waals surface area (Å²) in [7, 11) is 0. The van der Waals surface area contributed by atoms with Gasteiger partial charge in [0.2, 0.25) is 0 Å². The van der Waals surface area contributed by atoms with Crippen LogP contribution in [-0.2, 0) is 0 Å². The highest BCUT2D eigenvalue weighted by molar-refractivity contribution is 9.10. The van der Waals surface area contributed by atoms with Crippen LogP contribution in [0, 0.1) is 5.82 Å². The van der Waals surface area contributed by atoms with Crippen molar-refractivity contribution in [2.24, 2.45) is 0 Å². The Morgan fingerprint density at radius 3 is 2.31 bits per heavy atom. The molecular formula is C9H5BrF4O2. The first-order valence-corrected chi connectivity index (χ1v) is 4.75. The number of ether oxygens (including phenoxy) is 1. The molecule has 0 radical (unpaired) electrons. The average Bonchev–Trinajstić information content (AvgIpc) is 1.96. The molecule has 0 bridgehead atoms. The summed E-state index contributed by atoms with van der Waals surface area (Å²) in [6, 6.07) is 1.39. The highest BCUT2D eigenvalue weighted by atomic mass is 79.9. The number of alkyl halides is 3. The van der Waals surface area contributed by atoms with Crippen molar-refractivity contribution in [2.75, 3.05) is 0 Å². The molecule has 0 unspecified atom stereocenters. The molecule has 0 aliphatic carbocycles. The number of Topliss-reactive ketones (excluding diaryl/α,β-unsaturated/α-hetero) is 1. The molecular weight excluding hydrogens is 296 g/mol. The highest BCUT2D eigenvalue weighted by Crippen LogP contribution is 2.30. The number of hydrogen-bond acceptors (Lipinski definition) is 2. The van der Waals surface area contributed by atoms with Crippen molar-refractivity contribution in [2.45, 2.75) is 13.3 Å². The van der Waals surface area contributed by atoms with Gasteiger partial charge in [-0.2, -0.15) is 0 Å². The summed E-state index contributed by atoms with van der Waals surface area (Å²) in [5, 5.41) is 0. The average molecular weight is 301 g/mol. The van der Waals surface area contributed by atoms with E-state index >= 15 is 0 Å². The second-order valence-electron chi connectivity index (χ2n) is 2.87. The van der Waals surface area contributed by atoms with Crippen LogP contribution < -0.4 is 4.74 Å². The van der Waals surface area contributed by atoms with Crippen LogP contribution in [0.2, 0.25) is 0 Å². The minimum atomic E-state index is -4.90. The largest absolute Gasteiger partial charge is 0.573 e. The van der Waals surface area contributed by atoms with Gasteiger partial charge in [0.25, 0.3) is 0 Å². The molecule has 0 aromatic heterocycles. The fraction of sp³-hybridized carbons (Fsp3) is 0.222. The SMILES string of the molecule is CC(=O)c1c(F)cc(OC(F)(F)F)cc1Br. The van der Waals surface area contributed by atoms with Gasteiger partial charge in [-0.15, -0.1) is 13.2 Å². The van der Waals surface area contributed by atoms with E-state index in [-0.39, 0.29) is 10.0 Å². The van der Waals surface area contributed by atoms with Gasteiger partial charge in [0.1, 0.15) is 11.6 Å². The first-order valence-electron chi connectivity index (χ1n) is 3.96. The van der Waals surface area contributed by atoms with Gasteiger partial charge in [-0.25, -0.2) is 4.39 Å². The highest BCUT2D eigenvalue weighted by Gasteiger charge is 2.31. The topological polar surface area (TPSA) is 26.3 Å². The number of ketones is 1.